The Morgan fingerprint density at radius 3 is 2.06 bits per heavy atom. The summed E-state index contributed by atoms with van der Waals surface area (Å²) in [4.78, 5) is 0. The SMILES string of the molecule is CCC(CC)CNCc1ccc(C(C)C)cc1. The molecule has 1 nitrogen and oxygen atoms in total. The average molecular weight is 233 g/mol. The van der Waals surface area contributed by atoms with E-state index in [1.165, 1.54) is 24.0 Å². The van der Waals surface area contributed by atoms with Crippen LogP contribution < -0.4 is 5.32 Å². The molecule has 0 fully saturated rings. The van der Waals surface area contributed by atoms with Crippen molar-refractivity contribution in [3.05, 3.63) is 35.4 Å². The molecule has 0 radical (unpaired) electrons. The summed E-state index contributed by atoms with van der Waals surface area (Å²) in [6, 6.07) is 8.99. The van der Waals surface area contributed by atoms with Gasteiger partial charge in [0.05, 0.1) is 0 Å². The molecule has 0 aliphatic heterocycles. The highest BCUT2D eigenvalue weighted by atomic mass is 14.9. The quantitative estimate of drug-likeness (QED) is 0.739. The van der Waals surface area contributed by atoms with Crippen molar-refractivity contribution in [1.29, 1.82) is 0 Å². The Labute approximate surface area is 107 Å². The topological polar surface area (TPSA) is 12.0 Å². The second-order valence-corrected chi connectivity index (χ2v) is 5.21. The molecule has 0 saturated heterocycles. The van der Waals surface area contributed by atoms with Crippen molar-refractivity contribution in [3.8, 4) is 0 Å². The lowest BCUT2D eigenvalue weighted by atomic mass is 10.0. The van der Waals surface area contributed by atoms with Crippen molar-refractivity contribution >= 4 is 0 Å². The lowest BCUT2D eigenvalue weighted by molar-refractivity contribution is 0.449. The molecule has 1 N–H and O–H groups in total. The molecule has 0 spiro atoms. The van der Waals surface area contributed by atoms with Crippen LogP contribution in [0.15, 0.2) is 24.3 Å². The Kier molecular flexibility index (Phi) is 6.28. The summed E-state index contributed by atoms with van der Waals surface area (Å²) >= 11 is 0. The highest BCUT2D eigenvalue weighted by molar-refractivity contribution is 5.24. The standard InChI is InChI=1S/C16H27N/c1-5-14(6-2)11-17-12-15-7-9-16(10-8-15)13(3)4/h7-10,13-14,17H,5-6,11-12H2,1-4H3. The minimum atomic E-state index is 0.626. The average Bonchev–Trinajstić information content (AvgIpc) is 2.35. The zero-order chi connectivity index (χ0) is 12.7. The van der Waals surface area contributed by atoms with Crippen LogP contribution in [0.4, 0.5) is 0 Å². The lowest BCUT2D eigenvalue weighted by Gasteiger charge is -2.13. The predicted octanol–water partition coefficient (Wildman–Crippen LogP) is 4.34. The first-order chi connectivity index (χ1) is 8.17. The molecule has 0 unspecified atom stereocenters. The Balaban J connectivity index is 2.37. The van der Waals surface area contributed by atoms with Gasteiger partial charge in [-0.2, -0.15) is 0 Å². The summed E-state index contributed by atoms with van der Waals surface area (Å²) in [6.45, 7) is 11.1. The fourth-order valence-corrected chi connectivity index (χ4v) is 2.02. The first-order valence-corrected chi connectivity index (χ1v) is 6.96. The van der Waals surface area contributed by atoms with Crippen LogP contribution in [0.25, 0.3) is 0 Å². The Morgan fingerprint density at radius 2 is 1.59 bits per heavy atom. The fourth-order valence-electron chi connectivity index (χ4n) is 2.02. The molecule has 0 saturated carbocycles. The molecule has 0 heterocycles. The molecule has 0 atom stereocenters. The maximum Gasteiger partial charge on any atom is 0.0205 e. The molecular weight excluding hydrogens is 206 g/mol. The van der Waals surface area contributed by atoms with Crippen LogP contribution in [0.1, 0.15) is 57.6 Å². The monoisotopic (exact) mass is 233 g/mol. The molecule has 0 aliphatic rings. The van der Waals surface area contributed by atoms with E-state index in [9.17, 15) is 0 Å². The van der Waals surface area contributed by atoms with E-state index < -0.39 is 0 Å². The molecule has 1 aromatic rings. The van der Waals surface area contributed by atoms with Crippen molar-refractivity contribution in [2.24, 2.45) is 5.92 Å². The van der Waals surface area contributed by atoms with Gasteiger partial charge in [-0.25, -0.2) is 0 Å². The number of benzene rings is 1. The van der Waals surface area contributed by atoms with E-state index >= 15 is 0 Å². The third-order valence-electron chi connectivity index (χ3n) is 3.56. The molecule has 0 aliphatic carbocycles. The fraction of sp³-hybridized carbons (Fsp3) is 0.625. The van der Waals surface area contributed by atoms with E-state index in [0.717, 1.165) is 19.0 Å². The van der Waals surface area contributed by atoms with Crippen LogP contribution in [0.3, 0.4) is 0 Å². The maximum absolute atomic E-state index is 3.55. The first kappa shape index (κ1) is 14.2. The summed E-state index contributed by atoms with van der Waals surface area (Å²) < 4.78 is 0. The van der Waals surface area contributed by atoms with E-state index in [4.69, 9.17) is 0 Å². The minimum Gasteiger partial charge on any atom is -0.312 e. The van der Waals surface area contributed by atoms with Crippen molar-refractivity contribution < 1.29 is 0 Å². The van der Waals surface area contributed by atoms with Crippen LogP contribution in [-0.2, 0) is 6.54 Å². The van der Waals surface area contributed by atoms with Gasteiger partial charge < -0.3 is 5.32 Å². The van der Waals surface area contributed by atoms with E-state index in [1.807, 2.05) is 0 Å². The van der Waals surface area contributed by atoms with Gasteiger partial charge in [0.15, 0.2) is 0 Å². The second-order valence-electron chi connectivity index (χ2n) is 5.21. The highest BCUT2D eigenvalue weighted by Crippen LogP contribution is 2.14. The van der Waals surface area contributed by atoms with Gasteiger partial charge in [-0.05, 0) is 29.5 Å². The van der Waals surface area contributed by atoms with Crippen molar-refractivity contribution in [3.63, 3.8) is 0 Å². The number of hydrogen-bond acceptors (Lipinski definition) is 1. The van der Waals surface area contributed by atoms with Crippen LogP contribution in [-0.4, -0.2) is 6.54 Å². The number of hydrogen-bond donors (Lipinski definition) is 1. The van der Waals surface area contributed by atoms with Gasteiger partial charge in [-0.15, -0.1) is 0 Å². The van der Waals surface area contributed by atoms with Gasteiger partial charge in [0.2, 0.25) is 0 Å². The molecular formula is C16H27N. The lowest BCUT2D eigenvalue weighted by Crippen LogP contribution is -2.21. The minimum absolute atomic E-state index is 0.626. The molecule has 17 heavy (non-hydrogen) atoms. The first-order valence-electron chi connectivity index (χ1n) is 6.96. The summed E-state index contributed by atoms with van der Waals surface area (Å²) in [7, 11) is 0. The van der Waals surface area contributed by atoms with Gasteiger partial charge in [0.1, 0.15) is 0 Å². The van der Waals surface area contributed by atoms with Crippen LogP contribution in [0, 0.1) is 5.92 Å². The highest BCUT2D eigenvalue weighted by Gasteiger charge is 2.03. The summed E-state index contributed by atoms with van der Waals surface area (Å²) in [5.74, 6) is 1.45. The van der Waals surface area contributed by atoms with Crippen LogP contribution in [0.5, 0.6) is 0 Å². The third kappa shape index (κ3) is 4.91. The predicted molar refractivity (Wildman–Crippen MR) is 76.3 cm³/mol. The van der Waals surface area contributed by atoms with E-state index in [-0.39, 0.29) is 0 Å². The summed E-state index contributed by atoms with van der Waals surface area (Å²) in [6.07, 6.45) is 2.55. The zero-order valence-electron chi connectivity index (χ0n) is 11.8. The number of rotatable bonds is 7. The van der Waals surface area contributed by atoms with Gasteiger partial charge in [0.25, 0.3) is 0 Å². The van der Waals surface area contributed by atoms with Gasteiger partial charge in [-0.1, -0.05) is 64.8 Å². The molecule has 0 amide bonds. The molecule has 1 rings (SSSR count). The van der Waals surface area contributed by atoms with Gasteiger partial charge in [-0.3, -0.25) is 0 Å². The Hall–Kier alpha value is -0.820. The second kappa shape index (κ2) is 7.50. The van der Waals surface area contributed by atoms with E-state index in [2.05, 4.69) is 57.3 Å². The third-order valence-corrected chi connectivity index (χ3v) is 3.56. The molecule has 0 aromatic heterocycles. The number of nitrogens with one attached hydrogen (secondary N) is 1. The van der Waals surface area contributed by atoms with Gasteiger partial charge in [0, 0.05) is 6.54 Å². The largest absolute Gasteiger partial charge is 0.312 e. The normalized spacial score (nSPS) is 11.4. The Bertz CT molecular complexity index is 296. The van der Waals surface area contributed by atoms with Gasteiger partial charge >= 0.3 is 0 Å². The molecule has 96 valence electrons. The van der Waals surface area contributed by atoms with E-state index in [0.29, 0.717) is 5.92 Å². The van der Waals surface area contributed by atoms with Crippen molar-refractivity contribution in [2.75, 3.05) is 6.54 Å². The summed E-state index contributed by atoms with van der Waals surface area (Å²) in [5, 5.41) is 3.55. The molecule has 0 bridgehead atoms. The molecule has 1 aromatic carbocycles. The Morgan fingerprint density at radius 1 is 1.00 bits per heavy atom. The van der Waals surface area contributed by atoms with Crippen LogP contribution in [0.2, 0.25) is 0 Å². The molecule has 1 heteroatoms. The van der Waals surface area contributed by atoms with Crippen LogP contribution >= 0.6 is 0 Å². The summed E-state index contributed by atoms with van der Waals surface area (Å²) in [5.41, 5.74) is 2.81. The van der Waals surface area contributed by atoms with Crippen molar-refractivity contribution in [1.82, 2.24) is 5.32 Å². The smallest absolute Gasteiger partial charge is 0.0205 e. The zero-order valence-corrected chi connectivity index (χ0v) is 11.8. The maximum atomic E-state index is 3.55. The van der Waals surface area contributed by atoms with E-state index in [1.54, 1.807) is 0 Å². The van der Waals surface area contributed by atoms with Crippen molar-refractivity contribution in [2.45, 2.75) is 53.0 Å².